The van der Waals surface area contributed by atoms with Crippen molar-refractivity contribution in [2.45, 2.75) is 26.5 Å². The summed E-state index contributed by atoms with van der Waals surface area (Å²) in [7, 11) is 0. The normalized spacial score (nSPS) is 10.7. The fraction of sp³-hybridized carbons (Fsp3) is 0.235. The summed E-state index contributed by atoms with van der Waals surface area (Å²) < 4.78 is 7.25. The van der Waals surface area contributed by atoms with Gasteiger partial charge >= 0.3 is 5.97 Å². The van der Waals surface area contributed by atoms with E-state index in [-0.39, 0.29) is 12.6 Å². The molecular formula is C17H17N3O2S. The van der Waals surface area contributed by atoms with Gasteiger partial charge in [-0.2, -0.15) is 0 Å². The third kappa shape index (κ3) is 3.84. The Morgan fingerprint density at radius 1 is 1.30 bits per heavy atom. The van der Waals surface area contributed by atoms with Crippen LogP contribution in [0, 0.1) is 0 Å². The summed E-state index contributed by atoms with van der Waals surface area (Å²) in [4.78, 5) is 20.7. The fourth-order valence-corrected chi connectivity index (χ4v) is 2.94. The van der Waals surface area contributed by atoms with E-state index in [0.29, 0.717) is 12.2 Å². The van der Waals surface area contributed by atoms with Gasteiger partial charge in [0.2, 0.25) is 0 Å². The predicted molar refractivity (Wildman–Crippen MR) is 88.4 cm³/mol. The maximum atomic E-state index is 12.3. The number of hydrogen-bond donors (Lipinski definition) is 0. The second kappa shape index (κ2) is 7.19. The van der Waals surface area contributed by atoms with Gasteiger partial charge in [-0.1, -0.05) is 6.92 Å². The Kier molecular flexibility index (Phi) is 4.83. The number of carbonyl (C=O) groups is 1. The number of aromatic nitrogens is 3. The molecule has 0 saturated heterocycles. The standard InChI is InChI=1S/C17H17N3O2S/c1-2-16-19-14(12-23-16)11-22-17(21)15-4-3-9-20(15)10-13-5-7-18-8-6-13/h3-9,12H,2,10-11H2,1H3. The van der Waals surface area contributed by atoms with E-state index in [1.165, 1.54) is 0 Å². The highest BCUT2D eigenvalue weighted by atomic mass is 32.1. The molecule has 0 bridgehead atoms. The van der Waals surface area contributed by atoms with E-state index >= 15 is 0 Å². The first kappa shape index (κ1) is 15.4. The molecule has 0 amide bonds. The van der Waals surface area contributed by atoms with E-state index < -0.39 is 0 Å². The van der Waals surface area contributed by atoms with Gasteiger partial charge in [0.1, 0.15) is 12.3 Å². The van der Waals surface area contributed by atoms with E-state index in [9.17, 15) is 4.79 Å². The highest BCUT2D eigenvalue weighted by Crippen LogP contribution is 2.13. The van der Waals surface area contributed by atoms with Gasteiger partial charge < -0.3 is 9.30 Å². The Balaban J connectivity index is 1.65. The second-order valence-corrected chi connectivity index (χ2v) is 5.98. The van der Waals surface area contributed by atoms with Gasteiger partial charge in [0.05, 0.1) is 10.7 Å². The molecule has 0 N–H and O–H groups in total. The molecule has 118 valence electrons. The lowest BCUT2D eigenvalue weighted by molar-refractivity contribution is 0.0456. The van der Waals surface area contributed by atoms with Crippen LogP contribution in [0.3, 0.4) is 0 Å². The van der Waals surface area contributed by atoms with E-state index in [1.54, 1.807) is 29.8 Å². The van der Waals surface area contributed by atoms with Crippen LogP contribution in [0.1, 0.15) is 33.7 Å². The van der Waals surface area contributed by atoms with Crippen molar-refractivity contribution < 1.29 is 9.53 Å². The summed E-state index contributed by atoms with van der Waals surface area (Å²) in [5.41, 5.74) is 2.41. The number of nitrogens with zero attached hydrogens (tertiary/aromatic N) is 3. The van der Waals surface area contributed by atoms with Crippen LogP contribution in [-0.2, 0) is 24.3 Å². The second-order valence-electron chi connectivity index (χ2n) is 5.04. The van der Waals surface area contributed by atoms with Crippen LogP contribution in [0.15, 0.2) is 48.2 Å². The lowest BCUT2D eigenvalue weighted by Crippen LogP contribution is -2.12. The molecule has 0 aliphatic rings. The highest BCUT2D eigenvalue weighted by Gasteiger charge is 2.13. The molecule has 0 radical (unpaired) electrons. The molecule has 0 aliphatic heterocycles. The Hall–Kier alpha value is -2.47. The van der Waals surface area contributed by atoms with Gasteiger partial charge in [-0.25, -0.2) is 9.78 Å². The predicted octanol–water partition coefficient (Wildman–Crippen LogP) is 3.31. The summed E-state index contributed by atoms with van der Waals surface area (Å²) in [6.07, 6.45) is 6.25. The molecule has 3 aromatic heterocycles. The van der Waals surface area contributed by atoms with Gasteiger partial charge in [0, 0.05) is 30.5 Å². The Bertz CT molecular complexity index is 780. The van der Waals surface area contributed by atoms with Crippen LogP contribution < -0.4 is 0 Å². The summed E-state index contributed by atoms with van der Waals surface area (Å²) >= 11 is 1.59. The summed E-state index contributed by atoms with van der Waals surface area (Å²) in [6.45, 7) is 2.87. The van der Waals surface area contributed by atoms with Gasteiger partial charge in [-0.05, 0) is 36.2 Å². The average molecular weight is 327 g/mol. The number of rotatable bonds is 6. The third-order valence-electron chi connectivity index (χ3n) is 3.39. The number of esters is 1. The third-order valence-corrected chi connectivity index (χ3v) is 4.44. The van der Waals surface area contributed by atoms with Crippen LogP contribution in [0.2, 0.25) is 0 Å². The summed E-state index contributed by atoms with van der Waals surface area (Å²) in [5, 5.41) is 2.99. The van der Waals surface area contributed by atoms with Gasteiger partial charge in [0.15, 0.2) is 0 Å². The van der Waals surface area contributed by atoms with Crippen molar-refractivity contribution in [2.75, 3.05) is 0 Å². The zero-order chi connectivity index (χ0) is 16.1. The molecule has 5 nitrogen and oxygen atoms in total. The minimum atomic E-state index is -0.338. The Labute approximate surface area is 138 Å². The quantitative estimate of drug-likeness (QED) is 0.652. The van der Waals surface area contributed by atoms with Crippen LogP contribution in [0.25, 0.3) is 0 Å². The van der Waals surface area contributed by atoms with Crippen LogP contribution in [-0.4, -0.2) is 20.5 Å². The fourth-order valence-electron chi connectivity index (χ4n) is 2.21. The molecule has 3 rings (SSSR count). The van der Waals surface area contributed by atoms with Crippen molar-refractivity contribution in [3.8, 4) is 0 Å². The van der Waals surface area contributed by atoms with Crippen molar-refractivity contribution in [3.63, 3.8) is 0 Å². The average Bonchev–Trinajstić information content (AvgIpc) is 3.22. The van der Waals surface area contributed by atoms with Crippen LogP contribution in [0.5, 0.6) is 0 Å². The smallest absolute Gasteiger partial charge is 0.355 e. The monoisotopic (exact) mass is 327 g/mol. The summed E-state index contributed by atoms with van der Waals surface area (Å²) in [6, 6.07) is 7.46. The van der Waals surface area contributed by atoms with Crippen molar-refractivity contribution in [1.29, 1.82) is 0 Å². The van der Waals surface area contributed by atoms with Gasteiger partial charge in [-0.15, -0.1) is 11.3 Å². The number of aryl methyl sites for hydroxylation is 1. The van der Waals surface area contributed by atoms with E-state index in [4.69, 9.17) is 4.74 Å². The molecule has 3 aromatic rings. The zero-order valence-electron chi connectivity index (χ0n) is 12.8. The van der Waals surface area contributed by atoms with Gasteiger partial charge in [-0.3, -0.25) is 4.98 Å². The minimum Gasteiger partial charge on any atom is -0.454 e. The molecule has 23 heavy (non-hydrogen) atoms. The number of carbonyl (C=O) groups excluding carboxylic acids is 1. The molecule has 3 heterocycles. The molecule has 0 aromatic carbocycles. The van der Waals surface area contributed by atoms with Crippen LogP contribution in [0.4, 0.5) is 0 Å². The molecule has 0 aliphatic carbocycles. The largest absolute Gasteiger partial charge is 0.454 e. The number of ether oxygens (including phenoxy) is 1. The minimum absolute atomic E-state index is 0.204. The highest BCUT2D eigenvalue weighted by molar-refractivity contribution is 7.09. The van der Waals surface area contributed by atoms with Crippen molar-refractivity contribution in [3.05, 3.63) is 70.2 Å². The number of thiazole rings is 1. The first-order valence-corrected chi connectivity index (χ1v) is 8.28. The molecule has 0 spiro atoms. The zero-order valence-corrected chi connectivity index (χ0v) is 13.6. The molecule has 6 heteroatoms. The van der Waals surface area contributed by atoms with E-state index in [1.807, 2.05) is 34.3 Å². The first-order chi connectivity index (χ1) is 11.3. The van der Waals surface area contributed by atoms with Crippen molar-refractivity contribution in [1.82, 2.24) is 14.5 Å². The molecular weight excluding hydrogens is 310 g/mol. The van der Waals surface area contributed by atoms with Crippen LogP contribution >= 0.6 is 11.3 Å². The maximum absolute atomic E-state index is 12.3. The first-order valence-electron chi connectivity index (χ1n) is 7.40. The van der Waals surface area contributed by atoms with E-state index in [2.05, 4.69) is 16.9 Å². The SMILES string of the molecule is CCc1nc(COC(=O)c2cccn2Cc2ccncc2)cs1. The van der Waals surface area contributed by atoms with Crippen molar-refractivity contribution in [2.24, 2.45) is 0 Å². The molecule has 0 saturated carbocycles. The summed E-state index contributed by atoms with van der Waals surface area (Å²) in [5.74, 6) is -0.338. The topological polar surface area (TPSA) is 57.0 Å². The maximum Gasteiger partial charge on any atom is 0.355 e. The van der Waals surface area contributed by atoms with Crippen molar-refractivity contribution >= 4 is 17.3 Å². The molecule has 0 unspecified atom stereocenters. The lowest BCUT2D eigenvalue weighted by Gasteiger charge is -2.09. The van der Waals surface area contributed by atoms with E-state index in [0.717, 1.165) is 22.7 Å². The van der Waals surface area contributed by atoms with Gasteiger partial charge in [0.25, 0.3) is 0 Å². The molecule has 0 fully saturated rings. The Morgan fingerprint density at radius 2 is 2.13 bits per heavy atom. The Morgan fingerprint density at radius 3 is 2.87 bits per heavy atom. The number of hydrogen-bond acceptors (Lipinski definition) is 5. The lowest BCUT2D eigenvalue weighted by atomic mass is 10.2. The number of pyridine rings is 1. The molecule has 0 atom stereocenters.